The van der Waals surface area contributed by atoms with Crippen LogP contribution in [0.3, 0.4) is 0 Å². The van der Waals surface area contributed by atoms with Gasteiger partial charge in [0.05, 0.1) is 41.7 Å². The summed E-state index contributed by atoms with van der Waals surface area (Å²) in [4.78, 5) is 11.7. The molecule has 3 atom stereocenters. The Hall–Kier alpha value is -3.63. The molecule has 3 unspecified atom stereocenters. The van der Waals surface area contributed by atoms with E-state index in [0.717, 1.165) is 42.6 Å². The van der Waals surface area contributed by atoms with E-state index in [4.69, 9.17) is 21.0 Å². The molecule has 0 spiro atoms. The maximum atomic E-state index is 14.4. The van der Waals surface area contributed by atoms with Crippen molar-refractivity contribution >= 4 is 23.4 Å². The van der Waals surface area contributed by atoms with Crippen molar-refractivity contribution in [3.8, 4) is 5.75 Å². The van der Waals surface area contributed by atoms with Crippen LogP contribution in [0.2, 0.25) is 0 Å². The van der Waals surface area contributed by atoms with E-state index in [2.05, 4.69) is 27.2 Å². The van der Waals surface area contributed by atoms with Gasteiger partial charge in [-0.2, -0.15) is 0 Å². The maximum absolute atomic E-state index is 14.4. The third-order valence-corrected chi connectivity index (χ3v) is 6.20. The smallest absolute Gasteiger partial charge is 0.205 e. The number of nitrogens with zero attached hydrogens (tertiary/aromatic N) is 2. The SMILES string of the molecule is CC1CC(N)CC(c2ccncc2Nc2ncc(/C=C\C(=N)c3c(F)cc(OCCO)cc3F)[nH]2)C1. The third-order valence-electron chi connectivity index (χ3n) is 6.20. The second-order valence-electron chi connectivity index (χ2n) is 9.13. The molecule has 0 radical (unpaired) electrons. The minimum Gasteiger partial charge on any atom is -0.491 e. The number of ether oxygens (including phenoxy) is 1. The first-order valence-electron chi connectivity index (χ1n) is 11.8. The Balaban J connectivity index is 1.46. The molecule has 3 aromatic rings. The number of imidazole rings is 1. The van der Waals surface area contributed by atoms with E-state index >= 15 is 0 Å². The van der Waals surface area contributed by atoms with E-state index in [1.54, 1.807) is 18.6 Å². The molecule has 4 rings (SSSR count). The number of aliphatic hydroxyl groups is 1. The Morgan fingerprint density at radius 1 is 1.28 bits per heavy atom. The van der Waals surface area contributed by atoms with E-state index in [1.807, 2.05) is 6.07 Å². The zero-order chi connectivity index (χ0) is 25.7. The number of anilines is 2. The van der Waals surface area contributed by atoms with Crippen LogP contribution in [-0.2, 0) is 0 Å². The molecule has 0 saturated heterocycles. The Bertz CT molecular complexity index is 1210. The summed E-state index contributed by atoms with van der Waals surface area (Å²) in [5.74, 6) is -0.547. The number of pyridine rings is 1. The molecular formula is C26H30F2N6O2. The monoisotopic (exact) mass is 496 g/mol. The molecule has 1 saturated carbocycles. The van der Waals surface area contributed by atoms with Crippen molar-refractivity contribution in [1.82, 2.24) is 15.0 Å². The number of hydrogen-bond donors (Lipinski definition) is 5. The summed E-state index contributed by atoms with van der Waals surface area (Å²) in [6, 6.07) is 4.15. The molecule has 0 amide bonds. The fourth-order valence-electron chi connectivity index (χ4n) is 4.70. The minimum atomic E-state index is -0.926. The average Bonchev–Trinajstić information content (AvgIpc) is 3.28. The van der Waals surface area contributed by atoms with E-state index in [9.17, 15) is 8.78 Å². The molecule has 190 valence electrons. The summed E-state index contributed by atoms with van der Waals surface area (Å²) in [5, 5.41) is 20.2. The summed E-state index contributed by atoms with van der Waals surface area (Å²) in [5.41, 5.74) is 7.97. The van der Waals surface area contributed by atoms with Crippen molar-refractivity contribution in [1.29, 1.82) is 5.41 Å². The van der Waals surface area contributed by atoms with Crippen LogP contribution >= 0.6 is 0 Å². The van der Waals surface area contributed by atoms with E-state index in [1.165, 1.54) is 12.2 Å². The normalized spacial score (nSPS) is 20.0. The highest BCUT2D eigenvalue weighted by Crippen LogP contribution is 2.38. The second kappa shape index (κ2) is 11.4. The third kappa shape index (κ3) is 6.13. The number of benzene rings is 1. The van der Waals surface area contributed by atoms with E-state index < -0.39 is 17.2 Å². The Morgan fingerprint density at radius 2 is 2.06 bits per heavy atom. The molecule has 36 heavy (non-hydrogen) atoms. The number of aromatic nitrogens is 3. The molecule has 1 fully saturated rings. The van der Waals surface area contributed by atoms with Gasteiger partial charge in [-0.05, 0) is 54.9 Å². The van der Waals surface area contributed by atoms with Gasteiger partial charge in [0.1, 0.15) is 24.0 Å². The predicted molar refractivity (Wildman–Crippen MR) is 135 cm³/mol. The fourth-order valence-corrected chi connectivity index (χ4v) is 4.70. The predicted octanol–water partition coefficient (Wildman–Crippen LogP) is 4.51. The highest BCUT2D eigenvalue weighted by molar-refractivity contribution is 6.09. The van der Waals surface area contributed by atoms with Crippen molar-refractivity contribution in [2.24, 2.45) is 11.7 Å². The summed E-state index contributed by atoms with van der Waals surface area (Å²) in [6.07, 6.45) is 10.9. The number of halogens is 2. The number of aromatic amines is 1. The highest BCUT2D eigenvalue weighted by atomic mass is 19.1. The molecule has 2 aromatic heterocycles. The van der Waals surface area contributed by atoms with Crippen LogP contribution in [0, 0.1) is 23.0 Å². The molecule has 2 heterocycles. The quantitative estimate of drug-likeness (QED) is 0.277. The van der Waals surface area contributed by atoms with Crippen LogP contribution in [0.5, 0.6) is 5.75 Å². The van der Waals surface area contributed by atoms with Gasteiger partial charge in [0.15, 0.2) is 0 Å². The van der Waals surface area contributed by atoms with Gasteiger partial charge < -0.3 is 31.3 Å². The number of nitrogens with one attached hydrogen (secondary N) is 3. The standard InChI is InChI=1S/C26H30F2N6O2/c1-15-8-16(10-17(29)9-15)20-4-5-31-14-24(20)34-26-32-13-18(33-26)2-3-23(30)25-21(27)11-19(12-22(25)28)36-7-6-35/h2-5,11-17,30,35H,6-10,29H2,1H3,(H2,32,33,34)/b3-2-,30-23?. The van der Waals surface area contributed by atoms with Gasteiger partial charge in [0, 0.05) is 24.4 Å². The average molecular weight is 497 g/mol. The Kier molecular flexibility index (Phi) is 8.07. The highest BCUT2D eigenvalue weighted by Gasteiger charge is 2.27. The summed E-state index contributed by atoms with van der Waals surface area (Å²) in [6.45, 7) is 1.86. The molecule has 0 bridgehead atoms. The van der Waals surface area contributed by atoms with Crippen LogP contribution in [0.4, 0.5) is 20.4 Å². The summed E-state index contributed by atoms with van der Waals surface area (Å²) in [7, 11) is 0. The molecule has 10 heteroatoms. The molecular weight excluding hydrogens is 466 g/mol. The zero-order valence-electron chi connectivity index (χ0n) is 20.0. The number of aliphatic hydroxyl groups excluding tert-OH is 1. The topological polar surface area (TPSA) is 133 Å². The number of hydrogen-bond acceptors (Lipinski definition) is 7. The number of H-pyrrole nitrogens is 1. The maximum Gasteiger partial charge on any atom is 0.205 e. The van der Waals surface area contributed by atoms with Crippen LogP contribution in [0.25, 0.3) is 6.08 Å². The summed E-state index contributed by atoms with van der Waals surface area (Å²) < 4.78 is 33.8. The summed E-state index contributed by atoms with van der Waals surface area (Å²) >= 11 is 0. The van der Waals surface area contributed by atoms with Crippen molar-refractivity contribution in [3.05, 3.63) is 71.3 Å². The molecule has 1 aromatic carbocycles. The van der Waals surface area contributed by atoms with Crippen molar-refractivity contribution < 1.29 is 18.6 Å². The van der Waals surface area contributed by atoms with Crippen LogP contribution in [0.1, 0.15) is 48.9 Å². The van der Waals surface area contributed by atoms with Gasteiger partial charge in [-0.1, -0.05) is 6.92 Å². The number of rotatable bonds is 9. The first-order valence-corrected chi connectivity index (χ1v) is 11.8. The van der Waals surface area contributed by atoms with Crippen molar-refractivity contribution in [3.63, 3.8) is 0 Å². The van der Waals surface area contributed by atoms with Gasteiger partial charge in [0.2, 0.25) is 5.95 Å². The van der Waals surface area contributed by atoms with Gasteiger partial charge in [-0.3, -0.25) is 4.98 Å². The van der Waals surface area contributed by atoms with Crippen molar-refractivity contribution in [2.45, 2.75) is 38.1 Å². The van der Waals surface area contributed by atoms with Crippen molar-refractivity contribution in [2.75, 3.05) is 18.5 Å². The molecule has 0 aliphatic heterocycles. The molecule has 1 aliphatic carbocycles. The van der Waals surface area contributed by atoms with Gasteiger partial charge in [-0.15, -0.1) is 0 Å². The van der Waals surface area contributed by atoms with Crippen LogP contribution < -0.4 is 15.8 Å². The lowest BCUT2D eigenvalue weighted by atomic mass is 9.76. The lowest BCUT2D eigenvalue weighted by molar-refractivity contribution is 0.200. The van der Waals surface area contributed by atoms with Gasteiger partial charge >= 0.3 is 0 Å². The molecule has 1 aliphatic rings. The van der Waals surface area contributed by atoms with E-state index in [-0.39, 0.29) is 30.7 Å². The van der Waals surface area contributed by atoms with Crippen LogP contribution in [0.15, 0.2) is 42.9 Å². The van der Waals surface area contributed by atoms with Crippen LogP contribution in [-0.4, -0.2) is 45.0 Å². The largest absolute Gasteiger partial charge is 0.491 e. The minimum absolute atomic E-state index is 0.0525. The molecule has 8 nitrogen and oxygen atoms in total. The lowest BCUT2D eigenvalue weighted by Crippen LogP contribution is -2.31. The lowest BCUT2D eigenvalue weighted by Gasteiger charge is -2.32. The van der Waals surface area contributed by atoms with Gasteiger partial charge in [-0.25, -0.2) is 13.8 Å². The second-order valence-corrected chi connectivity index (χ2v) is 9.13. The van der Waals surface area contributed by atoms with E-state index in [0.29, 0.717) is 23.5 Å². The first-order chi connectivity index (χ1) is 17.3. The number of nitrogens with two attached hydrogens (primary N) is 1. The zero-order valence-corrected chi connectivity index (χ0v) is 20.0. The Morgan fingerprint density at radius 3 is 2.78 bits per heavy atom. The van der Waals surface area contributed by atoms with Gasteiger partial charge in [0.25, 0.3) is 0 Å². The molecule has 6 N–H and O–H groups in total. The fraction of sp³-hybridized carbons (Fsp3) is 0.346. The first kappa shape index (κ1) is 25.5. The Labute approximate surface area is 208 Å². The number of allylic oxidation sites excluding steroid dienone is 1.